The Bertz CT molecular complexity index is 1370. The van der Waals surface area contributed by atoms with Crippen LogP contribution in [0.5, 0.6) is 0 Å². The fourth-order valence-electron chi connectivity index (χ4n) is 7.55. The topological polar surface area (TPSA) is 128 Å². The summed E-state index contributed by atoms with van der Waals surface area (Å²) in [5.41, 5.74) is 3.01. The van der Waals surface area contributed by atoms with Crippen LogP contribution in [0.4, 0.5) is 0 Å². The van der Waals surface area contributed by atoms with E-state index in [-0.39, 0.29) is 22.8 Å². The van der Waals surface area contributed by atoms with Gasteiger partial charge in [-0.1, -0.05) is 57.6 Å². The third-order valence-corrected chi connectivity index (χ3v) is 11.5. The second-order valence-electron chi connectivity index (χ2n) is 12.7. The smallest absolute Gasteiger partial charge is 0.246 e. The lowest BCUT2D eigenvalue weighted by Crippen LogP contribution is -2.73. The lowest BCUT2D eigenvalue weighted by atomic mass is 9.78. The van der Waals surface area contributed by atoms with Crippen molar-refractivity contribution in [2.24, 2.45) is 5.92 Å². The van der Waals surface area contributed by atoms with Crippen molar-refractivity contribution in [2.45, 2.75) is 107 Å². The van der Waals surface area contributed by atoms with Gasteiger partial charge in [-0.2, -0.15) is 5.10 Å². The van der Waals surface area contributed by atoms with Crippen molar-refractivity contribution in [1.82, 2.24) is 30.0 Å². The van der Waals surface area contributed by atoms with Crippen molar-refractivity contribution in [3.63, 3.8) is 0 Å². The third kappa shape index (κ3) is 6.26. The molecule has 3 heterocycles. The number of aromatic nitrogens is 2. The van der Waals surface area contributed by atoms with E-state index >= 15 is 0 Å². The number of carbonyl (C=O) groups is 2. The molecule has 3 fully saturated rings. The molecule has 11 heteroatoms. The number of hydrogen-bond donors (Lipinski definition) is 3. The van der Waals surface area contributed by atoms with E-state index < -0.39 is 21.6 Å². The van der Waals surface area contributed by atoms with Crippen molar-refractivity contribution in [3.05, 3.63) is 46.8 Å². The molecule has 1 spiro atoms. The molecular formula is C32H48N6O4S. The molecule has 2 atom stereocenters. The zero-order chi connectivity index (χ0) is 30.8. The Morgan fingerprint density at radius 1 is 1.07 bits per heavy atom. The zero-order valence-corrected chi connectivity index (χ0v) is 26.9. The Labute approximate surface area is 256 Å². The molecule has 236 valence electrons. The molecule has 10 nitrogen and oxygen atoms in total. The van der Waals surface area contributed by atoms with Gasteiger partial charge in [-0.25, -0.2) is 13.1 Å². The molecule has 1 aromatic heterocycles. The number of benzene rings is 1. The summed E-state index contributed by atoms with van der Waals surface area (Å²) in [4.78, 5) is 32.5. The molecule has 3 aliphatic rings. The Balaban J connectivity index is 1.41. The first-order valence-corrected chi connectivity index (χ1v) is 17.5. The van der Waals surface area contributed by atoms with Gasteiger partial charge in [0.1, 0.15) is 11.6 Å². The first-order valence-electron chi connectivity index (χ1n) is 16.0. The number of nitrogens with zero attached hydrogens (tertiary/aromatic N) is 3. The number of unbranched alkanes of at least 4 members (excludes halogenated alkanes) is 1. The van der Waals surface area contributed by atoms with E-state index in [1.165, 1.54) is 26.3 Å². The van der Waals surface area contributed by atoms with E-state index in [0.29, 0.717) is 38.4 Å². The van der Waals surface area contributed by atoms with Crippen LogP contribution in [0.15, 0.2) is 29.2 Å². The standard InChI is InChI=1S/C32H48N6O4S/c1-5-6-18-38-30(39)27(21-24-10-8-7-9-11-24)34-31(40)32(38)16-19-37(20-17-32)29(28-22(2)35-36-23(28)3)25-12-14-26(15-13-25)43(41,42)33-4/h12-15,24,27,29,33H,5-11,16-21H2,1-4H3,(H,34,40)(H,35,36)/t27-,29?/m0/s1. The number of aromatic amines is 1. The highest BCUT2D eigenvalue weighted by atomic mass is 32.2. The molecule has 43 heavy (non-hydrogen) atoms. The first-order chi connectivity index (χ1) is 20.6. The molecule has 0 bridgehead atoms. The molecule has 1 unspecified atom stereocenters. The van der Waals surface area contributed by atoms with E-state index in [4.69, 9.17) is 0 Å². The summed E-state index contributed by atoms with van der Waals surface area (Å²) in [7, 11) is -2.15. The Hall–Kier alpha value is -2.76. The number of piperazine rings is 1. The number of amides is 2. The summed E-state index contributed by atoms with van der Waals surface area (Å²) in [6.45, 7) is 7.93. The zero-order valence-electron chi connectivity index (χ0n) is 26.1. The van der Waals surface area contributed by atoms with Gasteiger partial charge >= 0.3 is 0 Å². The number of aryl methyl sites for hydroxylation is 2. The van der Waals surface area contributed by atoms with Crippen LogP contribution in [0, 0.1) is 19.8 Å². The third-order valence-electron chi connectivity index (χ3n) is 10.1. The summed E-state index contributed by atoms with van der Waals surface area (Å²) < 4.78 is 27.1. The van der Waals surface area contributed by atoms with Crippen molar-refractivity contribution in [2.75, 3.05) is 26.7 Å². The number of H-pyrrole nitrogens is 1. The van der Waals surface area contributed by atoms with Crippen molar-refractivity contribution < 1.29 is 18.0 Å². The summed E-state index contributed by atoms with van der Waals surface area (Å²) >= 11 is 0. The van der Waals surface area contributed by atoms with E-state index in [9.17, 15) is 18.0 Å². The Morgan fingerprint density at radius 2 is 1.74 bits per heavy atom. The normalized spacial score (nSPS) is 22.6. The van der Waals surface area contributed by atoms with Gasteiger partial charge in [0.25, 0.3) is 0 Å². The lowest BCUT2D eigenvalue weighted by Gasteiger charge is -2.53. The van der Waals surface area contributed by atoms with Crippen LogP contribution >= 0.6 is 0 Å². The van der Waals surface area contributed by atoms with E-state index in [0.717, 1.165) is 54.6 Å². The van der Waals surface area contributed by atoms with Gasteiger partial charge in [-0.05, 0) is 70.2 Å². The summed E-state index contributed by atoms with van der Waals surface area (Å²) in [6.07, 6.45) is 9.65. The molecule has 1 aromatic carbocycles. The maximum Gasteiger partial charge on any atom is 0.246 e. The van der Waals surface area contributed by atoms with Gasteiger partial charge < -0.3 is 10.2 Å². The van der Waals surface area contributed by atoms with Crippen LogP contribution in [0.1, 0.15) is 99.7 Å². The maximum atomic E-state index is 14.0. The Kier molecular flexibility index (Phi) is 9.63. The second kappa shape index (κ2) is 13.1. The number of sulfonamides is 1. The summed E-state index contributed by atoms with van der Waals surface area (Å²) in [5.74, 6) is 0.590. The largest absolute Gasteiger partial charge is 0.342 e. The van der Waals surface area contributed by atoms with E-state index in [2.05, 4.69) is 32.1 Å². The van der Waals surface area contributed by atoms with Crippen LogP contribution in [0.3, 0.4) is 0 Å². The highest BCUT2D eigenvalue weighted by Gasteiger charge is 2.54. The van der Waals surface area contributed by atoms with Gasteiger partial charge in [0.2, 0.25) is 21.8 Å². The number of nitrogens with one attached hydrogen (secondary N) is 3. The minimum absolute atomic E-state index is 0.00231. The monoisotopic (exact) mass is 612 g/mol. The molecule has 2 aromatic rings. The highest BCUT2D eigenvalue weighted by Crippen LogP contribution is 2.40. The highest BCUT2D eigenvalue weighted by molar-refractivity contribution is 7.89. The molecule has 1 aliphatic carbocycles. The fraction of sp³-hybridized carbons (Fsp3) is 0.656. The van der Waals surface area contributed by atoms with E-state index in [1.54, 1.807) is 12.1 Å². The average molecular weight is 613 g/mol. The second-order valence-corrected chi connectivity index (χ2v) is 14.6. The van der Waals surface area contributed by atoms with Crippen molar-refractivity contribution >= 4 is 21.8 Å². The van der Waals surface area contributed by atoms with Crippen molar-refractivity contribution in [3.8, 4) is 0 Å². The molecule has 2 amide bonds. The molecule has 5 rings (SSSR count). The summed E-state index contributed by atoms with van der Waals surface area (Å²) in [5, 5.41) is 10.8. The average Bonchev–Trinajstić information content (AvgIpc) is 3.35. The van der Waals surface area contributed by atoms with Crippen LogP contribution in [0.25, 0.3) is 0 Å². The molecule has 0 radical (unpaired) electrons. The molecule has 1 saturated carbocycles. The van der Waals surface area contributed by atoms with Gasteiger partial charge in [-0.3, -0.25) is 19.6 Å². The molecular weight excluding hydrogens is 564 g/mol. The van der Waals surface area contributed by atoms with Gasteiger partial charge in [-0.15, -0.1) is 0 Å². The van der Waals surface area contributed by atoms with Gasteiger partial charge in [0.15, 0.2) is 0 Å². The van der Waals surface area contributed by atoms with Crippen LogP contribution in [-0.4, -0.2) is 78.5 Å². The Morgan fingerprint density at radius 3 is 2.33 bits per heavy atom. The number of carbonyl (C=O) groups excluding carboxylic acids is 2. The lowest BCUT2D eigenvalue weighted by molar-refractivity contribution is -0.162. The van der Waals surface area contributed by atoms with Gasteiger partial charge in [0, 0.05) is 30.9 Å². The molecule has 2 saturated heterocycles. The van der Waals surface area contributed by atoms with Crippen molar-refractivity contribution in [1.29, 1.82) is 0 Å². The fourth-order valence-corrected chi connectivity index (χ4v) is 8.28. The maximum absolute atomic E-state index is 14.0. The number of hydrogen-bond acceptors (Lipinski definition) is 6. The quantitative estimate of drug-likeness (QED) is 0.373. The number of likely N-dealkylation sites (tertiary alicyclic amines) is 1. The number of rotatable bonds is 10. The first kappa shape index (κ1) is 31.7. The van der Waals surface area contributed by atoms with Crippen LogP contribution in [0.2, 0.25) is 0 Å². The van der Waals surface area contributed by atoms with E-state index in [1.807, 2.05) is 30.9 Å². The number of piperidine rings is 1. The molecule has 2 aliphatic heterocycles. The minimum Gasteiger partial charge on any atom is -0.342 e. The SMILES string of the molecule is CCCCN1C(=O)[C@H](CC2CCCCC2)NC(=O)C12CCN(C(c1ccc(S(=O)(=O)NC)cc1)c1c(C)n[nH]c1C)CC2. The van der Waals surface area contributed by atoms with Crippen LogP contribution in [-0.2, 0) is 19.6 Å². The van der Waals surface area contributed by atoms with Gasteiger partial charge in [0.05, 0.1) is 16.6 Å². The molecule has 3 N–H and O–H groups in total. The predicted molar refractivity (Wildman–Crippen MR) is 166 cm³/mol. The summed E-state index contributed by atoms with van der Waals surface area (Å²) in [6, 6.07) is 6.41. The predicted octanol–water partition coefficient (Wildman–Crippen LogP) is 3.96. The van der Waals surface area contributed by atoms with Crippen LogP contribution < -0.4 is 10.0 Å². The minimum atomic E-state index is -3.56.